The molecule has 1 aliphatic heterocycles. The van der Waals surface area contributed by atoms with E-state index in [9.17, 15) is 4.79 Å². The molecule has 1 rings (SSSR count). The lowest BCUT2D eigenvalue weighted by Crippen LogP contribution is -2.43. The van der Waals surface area contributed by atoms with Crippen molar-refractivity contribution in [2.45, 2.75) is 40.5 Å². The number of carbonyl (C=O) groups excluding carboxylic acids is 1. The fraction of sp³-hybridized carbons (Fsp3) is 0.909. The molecule has 0 atom stereocenters. The molecule has 2 nitrogen and oxygen atoms in total. The van der Waals surface area contributed by atoms with Gasteiger partial charge in [0, 0.05) is 20.0 Å². The molecule has 1 fully saturated rings. The lowest BCUT2D eigenvalue weighted by atomic mass is 9.72. The van der Waals surface area contributed by atoms with Gasteiger partial charge in [0.1, 0.15) is 0 Å². The summed E-state index contributed by atoms with van der Waals surface area (Å²) in [5, 5.41) is 0. The molecule has 0 aromatic carbocycles. The van der Waals surface area contributed by atoms with Gasteiger partial charge in [0.15, 0.2) is 0 Å². The molecule has 0 aromatic heterocycles. The van der Waals surface area contributed by atoms with E-state index in [1.54, 1.807) is 6.92 Å². The molecular weight excluding hydrogens is 162 g/mol. The minimum Gasteiger partial charge on any atom is -0.343 e. The van der Waals surface area contributed by atoms with Gasteiger partial charge in [0.25, 0.3) is 0 Å². The number of piperidine rings is 1. The van der Waals surface area contributed by atoms with Gasteiger partial charge in [-0.25, -0.2) is 0 Å². The van der Waals surface area contributed by atoms with E-state index < -0.39 is 0 Å². The van der Waals surface area contributed by atoms with E-state index in [1.807, 2.05) is 4.90 Å². The van der Waals surface area contributed by atoms with Crippen LogP contribution in [-0.4, -0.2) is 23.9 Å². The quantitative estimate of drug-likeness (QED) is 0.611. The van der Waals surface area contributed by atoms with Crippen molar-refractivity contribution in [3.05, 3.63) is 0 Å². The third-order valence-electron chi connectivity index (χ3n) is 3.74. The summed E-state index contributed by atoms with van der Waals surface area (Å²) in [6.45, 7) is 10.5. The van der Waals surface area contributed by atoms with Crippen LogP contribution in [0.5, 0.6) is 0 Å². The summed E-state index contributed by atoms with van der Waals surface area (Å²) in [4.78, 5) is 13.1. The van der Waals surface area contributed by atoms with Crippen LogP contribution in [0.15, 0.2) is 0 Å². The summed E-state index contributed by atoms with van der Waals surface area (Å²) in [5.74, 6) is 0.951. The van der Waals surface area contributed by atoms with Gasteiger partial charge in [-0.2, -0.15) is 0 Å². The zero-order valence-electron chi connectivity index (χ0n) is 9.26. The Kier molecular flexibility index (Phi) is 2.99. The van der Waals surface area contributed by atoms with Gasteiger partial charge in [0.05, 0.1) is 0 Å². The minimum absolute atomic E-state index is 0.228. The summed E-state index contributed by atoms with van der Waals surface area (Å²) in [6, 6.07) is 0. The summed E-state index contributed by atoms with van der Waals surface area (Å²) in [6.07, 6.45) is 2.31. The maximum Gasteiger partial charge on any atom is 0.219 e. The van der Waals surface area contributed by atoms with Crippen LogP contribution in [0.25, 0.3) is 0 Å². The Morgan fingerprint density at radius 2 is 1.77 bits per heavy atom. The summed E-state index contributed by atoms with van der Waals surface area (Å²) >= 11 is 0. The summed E-state index contributed by atoms with van der Waals surface area (Å²) < 4.78 is 0. The van der Waals surface area contributed by atoms with Crippen LogP contribution in [-0.2, 0) is 4.79 Å². The highest BCUT2D eigenvalue weighted by Gasteiger charge is 2.33. The predicted octanol–water partition coefficient (Wildman–Crippen LogP) is 2.29. The van der Waals surface area contributed by atoms with Crippen LogP contribution in [0.1, 0.15) is 40.5 Å². The first kappa shape index (κ1) is 10.6. The average Bonchev–Trinajstić information content (AvgIpc) is 2.04. The molecule has 0 radical (unpaired) electrons. The average molecular weight is 183 g/mol. The third-order valence-corrected chi connectivity index (χ3v) is 3.74. The fourth-order valence-electron chi connectivity index (χ4n) is 1.91. The third kappa shape index (κ3) is 2.23. The lowest BCUT2D eigenvalue weighted by Gasteiger charge is -2.41. The number of hydrogen-bond donors (Lipinski definition) is 0. The summed E-state index contributed by atoms with van der Waals surface area (Å²) in [7, 11) is 0. The highest BCUT2D eigenvalue weighted by atomic mass is 16.2. The molecule has 0 N–H and O–H groups in total. The van der Waals surface area contributed by atoms with Crippen LogP contribution in [0.4, 0.5) is 0 Å². The smallest absolute Gasteiger partial charge is 0.219 e. The molecular formula is C11H21NO. The fourth-order valence-corrected chi connectivity index (χ4v) is 1.91. The molecule has 13 heavy (non-hydrogen) atoms. The van der Waals surface area contributed by atoms with E-state index in [4.69, 9.17) is 0 Å². The van der Waals surface area contributed by atoms with Crippen molar-refractivity contribution in [3.63, 3.8) is 0 Å². The second kappa shape index (κ2) is 3.69. The van der Waals surface area contributed by atoms with Crippen molar-refractivity contribution in [2.24, 2.45) is 11.3 Å². The Hall–Kier alpha value is -0.530. The zero-order chi connectivity index (χ0) is 10.1. The van der Waals surface area contributed by atoms with Crippen molar-refractivity contribution in [1.29, 1.82) is 0 Å². The van der Waals surface area contributed by atoms with Gasteiger partial charge >= 0.3 is 0 Å². The van der Waals surface area contributed by atoms with E-state index >= 15 is 0 Å². The Morgan fingerprint density at radius 1 is 1.31 bits per heavy atom. The maximum atomic E-state index is 11.1. The number of nitrogens with zero attached hydrogens (tertiary/aromatic N) is 1. The molecule has 76 valence electrons. The number of carbonyl (C=O) groups is 1. The largest absolute Gasteiger partial charge is 0.343 e. The lowest BCUT2D eigenvalue weighted by molar-refractivity contribution is -0.131. The minimum atomic E-state index is 0.228. The Bertz CT molecular complexity index is 190. The van der Waals surface area contributed by atoms with Gasteiger partial charge < -0.3 is 4.90 Å². The maximum absolute atomic E-state index is 11.1. The molecule has 2 heteroatoms. The van der Waals surface area contributed by atoms with E-state index in [-0.39, 0.29) is 5.91 Å². The van der Waals surface area contributed by atoms with Gasteiger partial charge in [-0.3, -0.25) is 4.79 Å². The number of rotatable bonds is 1. The van der Waals surface area contributed by atoms with Crippen molar-refractivity contribution < 1.29 is 4.79 Å². The van der Waals surface area contributed by atoms with Crippen LogP contribution >= 0.6 is 0 Å². The molecule has 0 aromatic rings. The monoisotopic (exact) mass is 183 g/mol. The molecule has 0 aliphatic carbocycles. The van der Waals surface area contributed by atoms with Crippen LogP contribution in [0.3, 0.4) is 0 Å². The highest BCUT2D eigenvalue weighted by Crippen LogP contribution is 2.37. The second-order valence-corrected chi connectivity index (χ2v) is 4.81. The molecule has 0 unspecified atom stereocenters. The van der Waals surface area contributed by atoms with E-state index in [2.05, 4.69) is 20.8 Å². The number of hydrogen-bond acceptors (Lipinski definition) is 1. The Labute approximate surface area is 81.3 Å². The second-order valence-electron chi connectivity index (χ2n) is 4.81. The van der Waals surface area contributed by atoms with E-state index in [0.717, 1.165) is 31.8 Å². The standard InChI is InChI=1S/C11H21NO/c1-9(2)11(4)5-7-12(8-6-11)10(3)13/h9H,5-8H2,1-4H3. The first-order chi connectivity index (χ1) is 5.96. The van der Waals surface area contributed by atoms with Crippen LogP contribution in [0, 0.1) is 11.3 Å². The highest BCUT2D eigenvalue weighted by molar-refractivity contribution is 5.73. The topological polar surface area (TPSA) is 20.3 Å². The van der Waals surface area contributed by atoms with Gasteiger partial charge in [-0.15, -0.1) is 0 Å². The zero-order valence-corrected chi connectivity index (χ0v) is 9.26. The van der Waals surface area contributed by atoms with Crippen molar-refractivity contribution in [1.82, 2.24) is 4.90 Å². The SMILES string of the molecule is CC(=O)N1CCC(C)(C(C)C)CC1. The molecule has 1 saturated heterocycles. The number of amides is 1. The molecule has 0 saturated carbocycles. The molecule has 0 bridgehead atoms. The summed E-state index contributed by atoms with van der Waals surface area (Å²) in [5.41, 5.74) is 0.450. The van der Waals surface area contributed by atoms with Crippen LogP contribution < -0.4 is 0 Å². The van der Waals surface area contributed by atoms with Gasteiger partial charge in [-0.1, -0.05) is 20.8 Å². The molecule has 0 spiro atoms. The van der Waals surface area contributed by atoms with Crippen molar-refractivity contribution >= 4 is 5.91 Å². The van der Waals surface area contributed by atoms with Crippen molar-refractivity contribution in [2.75, 3.05) is 13.1 Å². The molecule has 1 heterocycles. The molecule has 1 aliphatic rings. The van der Waals surface area contributed by atoms with Gasteiger partial charge in [-0.05, 0) is 24.2 Å². The van der Waals surface area contributed by atoms with E-state index in [0.29, 0.717) is 5.41 Å². The predicted molar refractivity (Wildman–Crippen MR) is 54.4 cm³/mol. The van der Waals surface area contributed by atoms with Gasteiger partial charge in [0.2, 0.25) is 5.91 Å². The van der Waals surface area contributed by atoms with Crippen molar-refractivity contribution in [3.8, 4) is 0 Å². The molecule has 1 amide bonds. The number of likely N-dealkylation sites (tertiary alicyclic amines) is 1. The Balaban J connectivity index is 2.51. The normalized spacial score (nSPS) is 22.1. The first-order valence-corrected chi connectivity index (χ1v) is 5.21. The van der Waals surface area contributed by atoms with Crippen LogP contribution in [0.2, 0.25) is 0 Å². The van der Waals surface area contributed by atoms with E-state index in [1.165, 1.54) is 0 Å². The Morgan fingerprint density at radius 3 is 2.08 bits per heavy atom. The first-order valence-electron chi connectivity index (χ1n) is 5.21.